The molecule has 4 nitrogen and oxygen atoms in total. The van der Waals surface area contributed by atoms with E-state index in [1.807, 2.05) is 6.92 Å². The molecule has 0 bridgehead atoms. The Balaban J connectivity index is 1.36. The average Bonchev–Trinajstić information content (AvgIpc) is 3.12. The summed E-state index contributed by atoms with van der Waals surface area (Å²) < 4.78 is 5.86. The van der Waals surface area contributed by atoms with E-state index in [-0.39, 0.29) is 36.2 Å². The summed E-state index contributed by atoms with van der Waals surface area (Å²) in [6.45, 7) is 11.7. The summed E-state index contributed by atoms with van der Waals surface area (Å²) in [6.07, 6.45) is 18.1. The molecule has 204 valence electrons. The van der Waals surface area contributed by atoms with Gasteiger partial charge in [-0.3, -0.25) is 9.59 Å². The molecule has 0 aromatic heterocycles. The summed E-state index contributed by atoms with van der Waals surface area (Å²) in [4.78, 5) is 23.4. The summed E-state index contributed by atoms with van der Waals surface area (Å²) in [6, 6.07) is 0. The van der Waals surface area contributed by atoms with Crippen molar-refractivity contribution in [3.05, 3.63) is 11.6 Å². The van der Waals surface area contributed by atoms with Crippen molar-refractivity contribution in [3.8, 4) is 0 Å². The van der Waals surface area contributed by atoms with E-state index < -0.39 is 5.97 Å². The number of esters is 1. The molecule has 0 radical (unpaired) electrons. The van der Waals surface area contributed by atoms with Crippen molar-refractivity contribution in [1.29, 1.82) is 0 Å². The monoisotopic (exact) mass is 500 g/mol. The molecule has 0 aromatic rings. The highest BCUT2D eigenvalue weighted by atomic mass is 16.5. The summed E-state index contributed by atoms with van der Waals surface area (Å²) >= 11 is 0. The molecule has 0 amide bonds. The smallest absolute Gasteiger partial charge is 0.306 e. The molecule has 0 aliphatic heterocycles. The molecular weight excluding hydrogens is 448 g/mol. The van der Waals surface area contributed by atoms with Crippen molar-refractivity contribution in [2.45, 2.75) is 131 Å². The van der Waals surface area contributed by atoms with E-state index in [1.165, 1.54) is 57.8 Å². The molecule has 4 heteroatoms. The predicted molar refractivity (Wildman–Crippen MR) is 144 cm³/mol. The molecule has 1 N–H and O–H groups in total. The van der Waals surface area contributed by atoms with Crippen LogP contribution in [0.15, 0.2) is 11.6 Å². The standard InChI is InChI=1S/C32H52O4/c1-21(2)8-6-7-9-23-11-13-27-26-12-10-24-20-25(36-30(35)19-22(3)18-29(33)34)14-16-32(24,5)28(26)15-17-31(23,27)4/h10,21-23,25-28H,6-9,11-20H2,1-5H3,(H,33,34). The van der Waals surface area contributed by atoms with Crippen LogP contribution in [-0.4, -0.2) is 23.1 Å². The van der Waals surface area contributed by atoms with Crippen molar-refractivity contribution in [2.24, 2.45) is 46.3 Å². The van der Waals surface area contributed by atoms with Gasteiger partial charge < -0.3 is 9.84 Å². The van der Waals surface area contributed by atoms with Crippen LogP contribution in [0.3, 0.4) is 0 Å². The van der Waals surface area contributed by atoms with Gasteiger partial charge in [-0.05, 0) is 97.7 Å². The Bertz CT molecular complexity index is 830. The lowest BCUT2D eigenvalue weighted by Gasteiger charge is -2.58. The van der Waals surface area contributed by atoms with Gasteiger partial charge >= 0.3 is 11.9 Å². The first-order valence-corrected chi connectivity index (χ1v) is 15.1. The van der Waals surface area contributed by atoms with Crippen LogP contribution in [-0.2, 0) is 14.3 Å². The molecule has 0 saturated heterocycles. The van der Waals surface area contributed by atoms with Gasteiger partial charge in [0.15, 0.2) is 0 Å². The first kappa shape index (κ1) is 27.7. The Morgan fingerprint density at radius 3 is 2.53 bits per heavy atom. The van der Waals surface area contributed by atoms with Gasteiger partial charge in [0.05, 0.1) is 0 Å². The van der Waals surface area contributed by atoms with Gasteiger partial charge in [0.1, 0.15) is 6.10 Å². The molecule has 3 saturated carbocycles. The Morgan fingerprint density at radius 1 is 1.03 bits per heavy atom. The number of carboxylic acid groups (broad SMARTS) is 1. The first-order chi connectivity index (χ1) is 17.0. The number of allylic oxidation sites excluding steroid dienone is 1. The summed E-state index contributed by atoms with van der Waals surface area (Å²) in [7, 11) is 0. The second-order valence-corrected chi connectivity index (χ2v) is 14.0. The summed E-state index contributed by atoms with van der Waals surface area (Å²) in [5, 5.41) is 8.96. The number of ether oxygens (including phenoxy) is 1. The first-order valence-electron chi connectivity index (χ1n) is 15.1. The largest absolute Gasteiger partial charge is 0.481 e. The van der Waals surface area contributed by atoms with Crippen LogP contribution in [0.1, 0.15) is 125 Å². The number of fused-ring (bicyclic) bond motifs is 5. The molecule has 0 heterocycles. The van der Waals surface area contributed by atoms with Crippen LogP contribution < -0.4 is 0 Å². The average molecular weight is 501 g/mol. The van der Waals surface area contributed by atoms with E-state index in [2.05, 4.69) is 33.8 Å². The maximum absolute atomic E-state index is 12.5. The molecule has 36 heavy (non-hydrogen) atoms. The maximum Gasteiger partial charge on any atom is 0.306 e. The van der Waals surface area contributed by atoms with E-state index in [9.17, 15) is 9.59 Å². The molecule has 8 unspecified atom stereocenters. The predicted octanol–water partition coefficient (Wildman–Crippen LogP) is 8.19. The third-order valence-electron chi connectivity index (χ3n) is 11.2. The molecule has 0 spiro atoms. The number of unbranched alkanes of at least 4 members (excludes halogenated alkanes) is 1. The number of carboxylic acids is 1. The Hall–Kier alpha value is -1.32. The lowest BCUT2D eigenvalue weighted by molar-refractivity contribution is -0.152. The topological polar surface area (TPSA) is 63.6 Å². The Kier molecular flexibility index (Phi) is 8.62. The second kappa shape index (κ2) is 11.2. The van der Waals surface area contributed by atoms with Gasteiger partial charge in [-0.25, -0.2) is 0 Å². The van der Waals surface area contributed by atoms with Gasteiger partial charge in [0.2, 0.25) is 0 Å². The highest BCUT2D eigenvalue weighted by Gasteiger charge is 2.58. The normalized spacial score (nSPS) is 38.5. The summed E-state index contributed by atoms with van der Waals surface area (Å²) in [5.74, 6) is 2.98. The van der Waals surface area contributed by atoms with Crippen LogP contribution in [0.2, 0.25) is 0 Å². The fourth-order valence-electron chi connectivity index (χ4n) is 9.14. The second-order valence-electron chi connectivity index (χ2n) is 14.0. The number of hydrogen-bond acceptors (Lipinski definition) is 3. The van der Waals surface area contributed by atoms with E-state index in [0.29, 0.717) is 5.41 Å². The van der Waals surface area contributed by atoms with Crippen molar-refractivity contribution >= 4 is 11.9 Å². The molecule has 4 aliphatic carbocycles. The van der Waals surface area contributed by atoms with Crippen LogP contribution in [0.4, 0.5) is 0 Å². The van der Waals surface area contributed by atoms with E-state index >= 15 is 0 Å². The van der Waals surface area contributed by atoms with Gasteiger partial charge in [-0.2, -0.15) is 0 Å². The number of hydrogen-bond donors (Lipinski definition) is 1. The van der Waals surface area contributed by atoms with Gasteiger partial charge in [-0.15, -0.1) is 0 Å². The van der Waals surface area contributed by atoms with Crippen molar-refractivity contribution < 1.29 is 19.4 Å². The minimum atomic E-state index is -0.853. The maximum atomic E-state index is 12.5. The molecule has 4 rings (SSSR count). The van der Waals surface area contributed by atoms with E-state index in [4.69, 9.17) is 9.84 Å². The number of carbonyl (C=O) groups is 2. The highest BCUT2D eigenvalue weighted by molar-refractivity contribution is 5.72. The fourth-order valence-corrected chi connectivity index (χ4v) is 9.14. The molecule has 4 aliphatic rings. The minimum absolute atomic E-state index is 0.0188. The van der Waals surface area contributed by atoms with E-state index in [1.54, 1.807) is 5.57 Å². The zero-order valence-electron chi connectivity index (χ0n) is 23.7. The zero-order valence-corrected chi connectivity index (χ0v) is 23.7. The van der Waals surface area contributed by atoms with Crippen LogP contribution in [0, 0.1) is 46.3 Å². The van der Waals surface area contributed by atoms with E-state index in [0.717, 1.165) is 48.9 Å². The lowest BCUT2D eigenvalue weighted by Crippen LogP contribution is -2.50. The highest BCUT2D eigenvalue weighted by Crippen LogP contribution is 2.66. The van der Waals surface area contributed by atoms with Crippen molar-refractivity contribution in [3.63, 3.8) is 0 Å². The molecule has 3 fully saturated rings. The summed E-state index contributed by atoms with van der Waals surface area (Å²) in [5.41, 5.74) is 2.34. The molecule has 8 atom stereocenters. The SMILES string of the molecule is CC(C)CCCCC1CCC2C3CC=C4CC(OC(=O)CC(C)CC(=O)O)CCC4(C)C3CCC12C. The quantitative estimate of drug-likeness (QED) is 0.186. The zero-order chi connectivity index (χ0) is 26.1. The fraction of sp³-hybridized carbons (Fsp3) is 0.875. The van der Waals surface area contributed by atoms with Crippen LogP contribution >= 0.6 is 0 Å². The number of carbonyl (C=O) groups excluding carboxylic acids is 1. The molecule has 0 aromatic carbocycles. The van der Waals surface area contributed by atoms with Gasteiger partial charge in [0, 0.05) is 19.3 Å². The minimum Gasteiger partial charge on any atom is -0.481 e. The van der Waals surface area contributed by atoms with Gasteiger partial charge in [0.25, 0.3) is 0 Å². The number of rotatable bonds is 10. The Morgan fingerprint density at radius 2 is 1.81 bits per heavy atom. The Labute approximate surface area is 220 Å². The molecular formula is C32H52O4. The third kappa shape index (κ3) is 5.73. The van der Waals surface area contributed by atoms with Crippen molar-refractivity contribution in [1.82, 2.24) is 0 Å². The van der Waals surface area contributed by atoms with Gasteiger partial charge in [-0.1, -0.05) is 65.5 Å². The third-order valence-corrected chi connectivity index (χ3v) is 11.2. The lowest BCUT2D eigenvalue weighted by atomic mass is 9.47. The van der Waals surface area contributed by atoms with Crippen LogP contribution in [0.5, 0.6) is 0 Å². The van der Waals surface area contributed by atoms with Crippen LogP contribution in [0.25, 0.3) is 0 Å². The van der Waals surface area contributed by atoms with Crippen molar-refractivity contribution in [2.75, 3.05) is 0 Å². The number of aliphatic carboxylic acids is 1.